The maximum Gasteiger partial charge on any atom is 0.307 e. The van der Waals surface area contributed by atoms with E-state index in [4.69, 9.17) is 18.6 Å². The maximum absolute atomic E-state index is 12.3. The fraction of sp³-hybridized carbons (Fsp3) is 0.238. The first-order chi connectivity index (χ1) is 13.6. The van der Waals surface area contributed by atoms with Crippen LogP contribution in [-0.4, -0.2) is 38.8 Å². The molecule has 1 N–H and O–H groups in total. The number of amides is 1. The summed E-state index contributed by atoms with van der Waals surface area (Å²) in [6.07, 6.45) is 2.17. The number of methoxy groups -OCH3 is 3. The molecule has 0 saturated carbocycles. The second-order valence-corrected chi connectivity index (χ2v) is 5.95. The summed E-state index contributed by atoms with van der Waals surface area (Å²) in [5, 5.41) is 2.81. The van der Waals surface area contributed by atoms with Gasteiger partial charge in [0.1, 0.15) is 5.75 Å². The molecule has 3 aromatic rings. The number of nitrogens with zero attached hydrogens (tertiary/aromatic N) is 1. The molecule has 146 valence electrons. The molecular weight excluding hydrogens is 360 g/mol. The Bertz CT molecular complexity index is 934. The molecule has 0 aliphatic rings. The summed E-state index contributed by atoms with van der Waals surface area (Å²) in [6.45, 7) is 0.439. The first-order valence-electron chi connectivity index (χ1n) is 8.74. The summed E-state index contributed by atoms with van der Waals surface area (Å²) in [4.78, 5) is 16.3. The summed E-state index contributed by atoms with van der Waals surface area (Å²) < 4.78 is 21.2. The van der Waals surface area contributed by atoms with Crippen molar-refractivity contribution >= 4 is 5.91 Å². The van der Waals surface area contributed by atoms with E-state index in [0.717, 1.165) is 16.9 Å². The fourth-order valence-electron chi connectivity index (χ4n) is 2.70. The molecule has 1 aromatic heterocycles. The lowest BCUT2D eigenvalue weighted by Gasteiger charge is -2.09. The van der Waals surface area contributed by atoms with E-state index in [9.17, 15) is 4.79 Å². The van der Waals surface area contributed by atoms with Gasteiger partial charge in [0.2, 0.25) is 0 Å². The van der Waals surface area contributed by atoms with Crippen molar-refractivity contribution in [1.29, 1.82) is 0 Å². The van der Waals surface area contributed by atoms with Crippen LogP contribution in [-0.2, 0) is 6.42 Å². The van der Waals surface area contributed by atoms with Gasteiger partial charge in [-0.1, -0.05) is 6.07 Å². The summed E-state index contributed by atoms with van der Waals surface area (Å²) in [5.74, 6) is 2.26. The number of benzene rings is 2. The molecule has 0 saturated heterocycles. The number of hydrogen-bond acceptors (Lipinski definition) is 6. The van der Waals surface area contributed by atoms with Crippen molar-refractivity contribution in [3.63, 3.8) is 0 Å². The van der Waals surface area contributed by atoms with Crippen molar-refractivity contribution in [3.8, 4) is 28.6 Å². The van der Waals surface area contributed by atoms with E-state index in [1.807, 2.05) is 42.5 Å². The first kappa shape index (κ1) is 19.3. The number of oxazole rings is 1. The van der Waals surface area contributed by atoms with Crippen molar-refractivity contribution in [2.45, 2.75) is 6.42 Å². The molecule has 7 heteroatoms. The lowest BCUT2D eigenvalue weighted by atomic mass is 10.1. The Morgan fingerprint density at radius 1 is 1.00 bits per heavy atom. The number of carbonyl (C=O) groups excluding carboxylic acids is 1. The van der Waals surface area contributed by atoms with E-state index in [1.54, 1.807) is 21.3 Å². The van der Waals surface area contributed by atoms with E-state index >= 15 is 0 Å². The van der Waals surface area contributed by atoms with Crippen LogP contribution in [0.2, 0.25) is 0 Å². The minimum absolute atomic E-state index is 0.0260. The highest BCUT2D eigenvalue weighted by atomic mass is 16.5. The Morgan fingerprint density at radius 3 is 2.43 bits per heavy atom. The molecule has 1 heterocycles. The molecule has 3 rings (SSSR count). The fourth-order valence-corrected chi connectivity index (χ4v) is 2.70. The Balaban J connectivity index is 1.57. The predicted molar refractivity (Wildman–Crippen MR) is 104 cm³/mol. The zero-order valence-electron chi connectivity index (χ0n) is 16.0. The molecular formula is C21H22N2O5. The van der Waals surface area contributed by atoms with Gasteiger partial charge in [0.15, 0.2) is 17.3 Å². The highest BCUT2D eigenvalue weighted by Gasteiger charge is 2.14. The molecule has 0 aliphatic heterocycles. The van der Waals surface area contributed by atoms with Gasteiger partial charge in [-0.2, -0.15) is 0 Å². The van der Waals surface area contributed by atoms with Crippen LogP contribution in [0.15, 0.2) is 53.1 Å². The van der Waals surface area contributed by atoms with Crippen LogP contribution in [0.4, 0.5) is 0 Å². The van der Waals surface area contributed by atoms with E-state index < -0.39 is 0 Å². The Morgan fingerprint density at radius 2 is 1.75 bits per heavy atom. The average Bonchev–Trinajstić information content (AvgIpc) is 3.24. The maximum atomic E-state index is 12.3. The highest BCUT2D eigenvalue weighted by molar-refractivity contribution is 5.90. The van der Waals surface area contributed by atoms with E-state index in [1.165, 1.54) is 6.20 Å². The molecule has 0 fully saturated rings. The topological polar surface area (TPSA) is 82.8 Å². The first-order valence-corrected chi connectivity index (χ1v) is 8.74. The third-order valence-electron chi connectivity index (χ3n) is 4.22. The van der Waals surface area contributed by atoms with Gasteiger partial charge >= 0.3 is 5.91 Å². The SMILES string of the molecule is COc1ccc(-c2cnc(C(=O)NCCc3ccc(OC)c(OC)c3)o2)cc1. The second-order valence-electron chi connectivity index (χ2n) is 5.95. The monoisotopic (exact) mass is 382 g/mol. The van der Waals surface area contributed by atoms with Crippen LogP contribution in [0.3, 0.4) is 0 Å². The van der Waals surface area contributed by atoms with Crippen molar-refractivity contribution in [2.75, 3.05) is 27.9 Å². The summed E-state index contributed by atoms with van der Waals surface area (Å²) >= 11 is 0. The number of hydrogen-bond donors (Lipinski definition) is 1. The number of rotatable bonds is 8. The normalized spacial score (nSPS) is 10.4. The van der Waals surface area contributed by atoms with Crippen LogP contribution < -0.4 is 19.5 Å². The van der Waals surface area contributed by atoms with Crippen LogP contribution in [0.25, 0.3) is 11.3 Å². The quantitative estimate of drug-likeness (QED) is 0.643. The van der Waals surface area contributed by atoms with Crippen molar-refractivity contribution in [1.82, 2.24) is 10.3 Å². The predicted octanol–water partition coefficient (Wildman–Crippen LogP) is 3.34. The van der Waals surface area contributed by atoms with Gasteiger partial charge in [0.05, 0.1) is 27.5 Å². The Hall–Kier alpha value is -3.48. The number of aromatic nitrogens is 1. The molecule has 7 nitrogen and oxygen atoms in total. The Labute approximate surface area is 163 Å². The molecule has 1 amide bonds. The highest BCUT2D eigenvalue weighted by Crippen LogP contribution is 2.27. The molecule has 0 unspecified atom stereocenters. The molecule has 0 atom stereocenters. The van der Waals surface area contributed by atoms with Gasteiger partial charge in [-0.15, -0.1) is 0 Å². The summed E-state index contributed by atoms with van der Waals surface area (Å²) in [6, 6.07) is 13.0. The zero-order chi connectivity index (χ0) is 19.9. The van der Waals surface area contributed by atoms with Gasteiger partial charge in [0, 0.05) is 12.1 Å². The lowest BCUT2D eigenvalue weighted by Crippen LogP contribution is -2.25. The molecule has 0 bridgehead atoms. The van der Waals surface area contributed by atoms with Gasteiger partial charge in [0.25, 0.3) is 5.89 Å². The minimum Gasteiger partial charge on any atom is -0.497 e. The number of carbonyl (C=O) groups is 1. The molecule has 0 spiro atoms. The summed E-state index contributed by atoms with van der Waals surface area (Å²) in [7, 11) is 4.79. The smallest absolute Gasteiger partial charge is 0.307 e. The molecule has 0 radical (unpaired) electrons. The number of nitrogens with one attached hydrogen (secondary N) is 1. The largest absolute Gasteiger partial charge is 0.497 e. The summed E-state index contributed by atoms with van der Waals surface area (Å²) in [5.41, 5.74) is 1.84. The molecule has 0 aliphatic carbocycles. The lowest BCUT2D eigenvalue weighted by molar-refractivity contribution is 0.0920. The average molecular weight is 382 g/mol. The van der Waals surface area contributed by atoms with Crippen molar-refractivity contribution < 1.29 is 23.4 Å². The van der Waals surface area contributed by atoms with E-state index in [0.29, 0.717) is 30.2 Å². The van der Waals surface area contributed by atoms with Gasteiger partial charge < -0.3 is 23.9 Å². The van der Waals surface area contributed by atoms with Crippen LogP contribution in [0.1, 0.15) is 16.2 Å². The van der Waals surface area contributed by atoms with Crippen molar-refractivity contribution in [3.05, 3.63) is 60.1 Å². The van der Waals surface area contributed by atoms with E-state index in [-0.39, 0.29) is 11.8 Å². The van der Waals surface area contributed by atoms with Gasteiger partial charge in [-0.3, -0.25) is 4.79 Å². The molecule has 2 aromatic carbocycles. The van der Waals surface area contributed by atoms with Crippen LogP contribution >= 0.6 is 0 Å². The zero-order valence-corrected chi connectivity index (χ0v) is 16.0. The number of ether oxygens (including phenoxy) is 3. The third kappa shape index (κ3) is 4.43. The van der Waals surface area contributed by atoms with Crippen LogP contribution in [0, 0.1) is 0 Å². The Kier molecular flexibility index (Phi) is 6.16. The van der Waals surface area contributed by atoms with Gasteiger partial charge in [-0.05, 0) is 48.4 Å². The minimum atomic E-state index is -0.361. The standard InChI is InChI=1S/C21H22N2O5/c1-25-16-7-5-15(6-8-16)19-13-23-21(28-19)20(24)22-11-10-14-4-9-17(26-2)18(12-14)27-3/h4-9,12-13H,10-11H2,1-3H3,(H,22,24). The third-order valence-corrected chi connectivity index (χ3v) is 4.22. The van der Waals surface area contributed by atoms with E-state index in [2.05, 4.69) is 10.3 Å². The van der Waals surface area contributed by atoms with Crippen LogP contribution in [0.5, 0.6) is 17.2 Å². The molecule has 28 heavy (non-hydrogen) atoms. The van der Waals surface area contributed by atoms with Gasteiger partial charge in [-0.25, -0.2) is 4.98 Å². The van der Waals surface area contributed by atoms with Crippen molar-refractivity contribution in [2.24, 2.45) is 0 Å². The second kappa shape index (κ2) is 8.94.